The van der Waals surface area contributed by atoms with Gasteiger partial charge in [0.2, 0.25) is 0 Å². The van der Waals surface area contributed by atoms with Crippen LogP contribution in [-0.2, 0) is 0 Å². The summed E-state index contributed by atoms with van der Waals surface area (Å²) in [6.45, 7) is 1.98. The molecular weight excluding hydrogens is 382 g/mol. The third-order valence-corrected chi connectivity index (χ3v) is 4.69. The van der Waals surface area contributed by atoms with Crippen molar-refractivity contribution in [2.75, 3.05) is 0 Å². The smallest absolute Gasteiger partial charge is 0.195 e. The van der Waals surface area contributed by atoms with E-state index in [4.69, 9.17) is 0 Å². The molecule has 0 aliphatic heterocycles. The van der Waals surface area contributed by atoms with Crippen molar-refractivity contribution >= 4 is 48.5 Å². The van der Waals surface area contributed by atoms with E-state index in [1.165, 1.54) is 0 Å². The van der Waals surface area contributed by atoms with Gasteiger partial charge in [0, 0.05) is 37.2 Å². The molecule has 3 aromatic rings. The lowest BCUT2D eigenvalue weighted by Crippen LogP contribution is -2.00. The van der Waals surface area contributed by atoms with Crippen LogP contribution in [0.15, 0.2) is 51.5 Å². The highest BCUT2D eigenvalue weighted by molar-refractivity contribution is 9.10. The van der Waals surface area contributed by atoms with Gasteiger partial charge in [-0.2, -0.15) is 0 Å². The predicted octanol–water partition coefficient (Wildman–Crippen LogP) is 5.23. The number of fused-ring (bicyclic) bond motifs is 1. The molecule has 0 atom stereocenters. The number of hydrogen-bond acceptors (Lipinski definition) is 1. The molecule has 0 amide bonds. The average molecular weight is 393 g/mol. The molecule has 100 valence electrons. The Hall–Kier alpha value is -1.39. The van der Waals surface area contributed by atoms with Gasteiger partial charge in [-0.05, 0) is 42.8 Å². The fraction of sp³-hybridized carbons (Fsp3) is 0.0625. The Morgan fingerprint density at radius 3 is 2.65 bits per heavy atom. The lowest BCUT2D eigenvalue weighted by molar-refractivity contribution is 0.104. The van der Waals surface area contributed by atoms with E-state index in [0.717, 1.165) is 25.4 Å². The van der Waals surface area contributed by atoms with E-state index < -0.39 is 0 Å². The second-order valence-electron chi connectivity index (χ2n) is 4.69. The molecule has 0 bridgehead atoms. The summed E-state index contributed by atoms with van der Waals surface area (Å²) in [5.74, 6) is 0.0363. The van der Waals surface area contributed by atoms with Crippen LogP contribution in [0.3, 0.4) is 0 Å². The molecule has 1 aromatic heterocycles. The molecule has 0 aliphatic carbocycles. The molecule has 0 spiro atoms. The van der Waals surface area contributed by atoms with Gasteiger partial charge < -0.3 is 4.98 Å². The lowest BCUT2D eigenvalue weighted by Gasteiger charge is -2.03. The Kier molecular flexibility index (Phi) is 3.52. The van der Waals surface area contributed by atoms with E-state index >= 15 is 0 Å². The molecule has 1 N–H and O–H groups in total. The average Bonchev–Trinajstić information content (AvgIpc) is 2.84. The SMILES string of the molecule is Cc1cc(C(=O)c2c[nH]c3cc(Br)ccc23)ccc1Br. The lowest BCUT2D eigenvalue weighted by atomic mass is 10.0. The van der Waals surface area contributed by atoms with E-state index in [-0.39, 0.29) is 5.78 Å². The second kappa shape index (κ2) is 5.19. The van der Waals surface area contributed by atoms with Gasteiger partial charge >= 0.3 is 0 Å². The van der Waals surface area contributed by atoms with Gasteiger partial charge in [-0.3, -0.25) is 4.79 Å². The fourth-order valence-electron chi connectivity index (χ4n) is 2.23. The molecular formula is C16H11Br2NO. The molecule has 0 saturated heterocycles. The maximum Gasteiger partial charge on any atom is 0.195 e. The van der Waals surface area contributed by atoms with Crippen LogP contribution in [0.4, 0.5) is 0 Å². The molecule has 0 saturated carbocycles. The number of aromatic amines is 1. The minimum atomic E-state index is 0.0363. The molecule has 0 unspecified atom stereocenters. The van der Waals surface area contributed by atoms with Gasteiger partial charge in [0.05, 0.1) is 0 Å². The molecule has 0 radical (unpaired) electrons. The first-order valence-electron chi connectivity index (χ1n) is 6.14. The van der Waals surface area contributed by atoms with E-state index in [0.29, 0.717) is 11.1 Å². The van der Waals surface area contributed by atoms with Gasteiger partial charge in [0.25, 0.3) is 0 Å². The Balaban J connectivity index is 2.10. The number of aryl methyl sites for hydroxylation is 1. The van der Waals surface area contributed by atoms with Crippen LogP contribution in [0.2, 0.25) is 0 Å². The standard InChI is InChI=1S/C16H11Br2NO/c1-9-6-10(2-5-14(9)18)16(20)13-8-19-15-7-11(17)3-4-12(13)15/h2-8,19H,1H3. The Morgan fingerprint density at radius 2 is 1.90 bits per heavy atom. The summed E-state index contributed by atoms with van der Waals surface area (Å²) in [5.41, 5.74) is 3.42. The minimum Gasteiger partial charge on any atom is -0.360 e. The summed E-state index contributed by atoms with van der Waals surface area (Å²) in [5, 5.41) is 0.943. The molecule has 0 aliphatic rings. The van der Waals surface area contributed by atoms with Crippen molar-refractivity contribution in [1.29, 1.82) is 0 Å². The van der Waals surface area contributed by atoms with Gasteiger partial charge in [-0.1, -0.05) is 37.9 Å². The third kappa shape index (κ3) is 2.34. The highest BCUT2D eigenvalue weighted by Gasteiger charge is 2.14. The quantitative estimate of drug-likeness (QED) is 0.595. The van der Waals surface area contributed by atoms with Gasteiger partial charge in [0.1, 0.15) is 0 Å². The highest BCUT2D eigenvalue weighted by atomic mass is 79.9. The number of H-pyrrole nitrogens is 1. The topological polar surface area (TPSA) is 32.9 Å². The molecule has 2 aromatic carbocycles. The van der Waals surface area contributed by atoms with Crippen molar-refractivity contribution in [3.05, 3.63) is 68.2 Å². The molecule has 2 nitrogen and oxygen atoms in total. The zero-order valence-electron chi connectivity index (χ0n) is 10.7. The van der Waals surface area contributed by atoms with Crippen molar-refractivity contribution in [2.24, 2.45) is 0 Å². The van der Waals surface area contributed by atoms with Crippen LogP contribution in [0.25, 0.3) is 10.9 Å². The summed E-state index contributed by atoms with van der Waals surface area (Å²) < 4.78 is 2.00. The fourth-order valence-corrected chi connectivity index (χ4v) is 2.84. The molecule has 3 rings (SSSR count). The number of ketones is 1. The maximum absolute atomic E-state index is 12.6. The summed E-state index contributed by atoms with van der Waals surface area (Å²) >= 11 is 6.88. The summed E-state index contributed by atoms with van der Waals surface area (Å²) in [7, 11) is 0. The zero-order valence-corrected chi connectivity index (χ0v) is 13.9. The Bertz CT molecular complexity index is 820. The van der Waals surface area contributed by atoms with E-state index in [1.54, 1.807) is 6.20 Å². The summed E-state index contributed by atoms with van der Waals surface area (Å²) in [4.78, 5) is 15.8. The summed E-state index contributed by atoms with van der Waals surface area (Å²) in [6, 6.07) is 11.5. The molecule has 4 heteroatoms. The molecule has 0 fully saturated rings. The van der Waals surface area contributed by atoms with Crippen LogP contribution in [0.5, 0.6) is 0 Å². The van der Waals surface area contributed by atoms with E-state index in [2.05, 4.69) is 36.8 Å². The predicted molar refractivity (Wildman–Crippen MR) is 88.3 cm³/mol. The van der Waals surface area contributed by atoms with Gasteiger partial charge in [-0.25, -0.2) is 0 Å². The van der Waals surface area contributed by atoms with Crippen molar-refractivity contribution < 1.29 is 4.79 Å². The Labute approximate surface area is 133 Å². The number of aromatic nitrogens is 1. The zero-order chi connectivity index (χ0) is 14.3. The van der Waals surface area contributed by atoms with Crippen LogP contribution in [0.1, 0.15) is 21.5 Å². The van der Waals surface area contributed by atoms with Crippen molar-refractivity contribution in [2.45, 2.75) is 6.92 Å². The molecule has 1 heterocycles. The Morgan fingerprint density at radius 1 is 1.10 bits per heavy atom. The minimum absolute atomic E-state index is 0.0363. The number of benzene rings is 2. The first-order chi connectivity index (χ1) is 9.56. The number of carbonyl (C=O) groups excluding carboxylic acids is 1. The largest absolute Gasteiger partial charge is 0.360 e. The second-order valence-corrected chi connectivity index (χ2v) is 6.46. The molecule has 20 heavy (non-hydrogen) atoms. The monoisotopic (exact) mass is 391 g/mol. The normalized spacial score (nSPS) is 10.9. The van der Waals surface area contributed by atoms with Crippen LogP contribution < -0.4 is 0 Å². The van der Waals surface area contributed by atoms with Crippen molar-refractivity contribution in [3.8, 4) is 0 Å². The number of hydrogen-bond donors (Lipinski definition) is 1. The van der Waals surface area contributed by atoms with E-state index in [9.17, 15) is 4.79 Å². The number of halogens is 2. The number of carbonyl (C=O) groups is 1. The maximum atomic E-state index is 12.6. The van der Waals surface area contributed by atoms with Crippen molar-refractivity contribution in [3.63, 3.8) is 0 Å². The van der Waals surface area contributed by atoms with Crippen LogP contribution in [-0.4, -0.2) is 10.8 Å². The van der Waals surface area contributed by atoms with Gasteiger partial charge in [0.15, 0.2) is 5.78 Å². The third-order valence-electron chi connectivity index (χ3n) is 3.31. The van der Waals surface area contributed by atoms with Crippen LogP contribution >= 0.6 is 31.9 Å². The first kappa shape index (κ1) is 13.6. The number of rotatable bonds is 2. The first-order valence-corrected chi connectivity index (χ1v) is 7.72. The van der Waals surface area contributed by atoms with E-state index in [1.807, 2.05) is 43.3 Å². The summed E-state index contributed by atoms with van der Waals surface area (Å²) in [6.07, 6.45) is 1.77. The van der Waals surface area contributed by atoms with Crippen molar-refractivity contribution in [1.82, 2.24) is 4.98 Å². The van der Waals surface area contributed by atoms with Crippen LogP contribution in [0, 0.1) is 6.92 Å². The number of nitrogens with one attached hydrogen (secondary N) is 1. The van der Waals surface area contributed by atoms with Gasteiger partial charge in [-0.15, -0.1) is 0 Å². The highest BCUT2D eigenvalue weighted by Crippen LogP contribution is 2.25.